The first kappa shape index (κ1) is 29.5. The van der Waals surface area contributed by atoms with Gasteiger partial charge < -0.3 is 15.1 Å². The molecule has 1 heterocycles. The van der Waals surface area contributed by atoms with Crippen molar-refractivity contribution < 1.29 is 0 Å². The standard InChI is InChI=1S/C29H59N3/c1-4-6-8-10-12-14-16-18-24-31(25-19-17-15-13-11-9-7-5-2)26-20-21-29(3)32-27-22-30-23-28-32/h30H,3-28H2,1-2H3. The topological polar surface area (TPSA) is 18.5 Å². The lowest BCUT2D eigenvalue weighted by atomic mass is 10.1. The summed E-state index contributed by atoms with van der Waals surface area (Å²) in [6.07, 6.45) is 25.2. The van der Waals surface area contributed by atoms with Gasteiger partial charge >= 0.3 is 0 Å². The van der Waals surface area contributed by atoms with Crippen molar-refractivity contribution >= 4 is 0 Å². The highest BCUT2D eigenvalue weighted by Gasteiger charge is 2.12. The monoisotopic (exact) mass is 449 g/mol. The zero-order valence-corrected chi connectivity index (χ0v) is 22.3. The molecule has 190 valence electrons. The van der Waals surface area contributed by atoms with E-state index in [0.29, 0.717) is 0 Å². The largest absolute Gasteiger partial charge is 0.373 e. The molecule has 0 aromatic heterocycles. The summed E-state index contributed by atoms with van der Waals surface area (Å²) in [4.78, 5) is 5.27. The molecule has 32 heavy (non-hydrogen) atoms. The Balaban J connectivity index is 2.19. The minimum atomic E-state index is 1.11. The van der Waals surface area contributed by atoms with Crippen LogP contribution in [0, 0.1) is 0 Å². The second-order valence-electron chi connectivity index (χ2n) is 10.2. The van der Waals surface area contributed by atoms with E-state index in [2.05, 4.69) is 35.5 Å². The fourth-order valence-corrected chi connectivity index (χ4v) is 4.92. The van der Waals surface area contributed by atoms with Gasteiger partial charge in [0.1, 0.15) is 0 Å². The number of allylic oxidation sites excluding steroid dienone is 1. The van der Waals surface area contributed by atoms with Crippen LogP contribution >= 0.6 is 0 Å². The van der Waals surface area contributed by atoms with Crippen molar-refractivity contribution in [3.8, 4) is 0 Å². The maximum atomic E-state index is 4.39. The lowest BCUT2D eigenvalue weighted by Gasteiger charge is -2.31. The van der Waals surface area contributed by atoms with E-state index in [1.54, 1.807) is 0 Å². The minimum Gasteiger partial charge on any atom is -0.373 e. The maximum Gasteiger partial charge on any atom is 0.0300 e. The highest BCUT2D eigenvalue weighted by atomic mass is 15.2. The van der Waals surface area contributed by atoms with Crippen molar-refractivity contribution in [2.24, 2.45) is 0 Å². The molecule has 1 aliphatic heterocycles. The minimum absolute atomic E-state index is 1.11. The lowest BCUT2D eigenvalue weighted by Crippen LogP contribution is -2.42. The first-order chi connectivity index (χ1) is 15.8. The van der Waals surface area contributed by atoms with Crippen LogP contribution in [0.4, 0.5) is 0 Å². The maximum absolute atomic E-state index is 4.39. The molecule has 1 saturated heterocycles. The molecule has 3 nitrogen and oxygen atoms in total. The van der Waals surface area contributed by atoms with Crippen molar-refractivity contribution in [1.82, 2.24) is 15.1 Å². The smallest absolute Gasteiger partial charge is 0.0300 e. The van der Waals surface area contributed by atoms with Crippen LogP contribution in [0.2, 0.25) is 0 Å². The molecule has 1 aliphatic rings. The Bertz CT molecular complexity index is 383. The predicted molar refractivity (Wildman–Crippen MR) is 144 cm³/mol. The summed E-state index contributed by atoms with van der Waals surface area (Å²) in [5.41, 5.74) is 1.37. The Kier molecular flexibility index (Phi) is 20.5. The van der Waals surface area contributed by atoms with Crippen molar-refractivity contribution in [2.45, 2.75) is 129 Å². The molecule has 0 saturated carbocycles. The van der Waals surface area contributed by atoms with E-state index in [0.717, 1.165) is 26.2 Å². The summed E-state index contributed by atoms with van der Waals surface area (Å²) in [7, 11) is 0. The van der Waals surface area contributed by atoms with Crippen LogP contribution in [-0.2, 0) is 0 Å². The van der Waals surface area contributed by atoms with E-state index in [-0.39, 0.29) is 0 Å². The molecule has 0 aliphatic carbocycles. The number of unbranched alkanes of at least 4 members (excludes halogenated alkanes) is 14. The van der Waals surface area contributed by atoms with Gasteiger partial charge in [-0.15, -0.1) is 0 Å². The third-order valence-electron chi connectivity index (χ3n) is 7.16. The van der Waals surface area contributed by atoms with Crippen molar-refractivity contribution in [3.63, 3.8) is 0 Å². The Morgan fingerprint density at radius 1 is 0.625 bits per heavy atom. The first-order valence-electron chi connectivity index (χ1n) is 14.6. The zero-order valence-electron chi connectivity index (χ0n) is 22.3. The van der Waals surface area contributed by atoms with Crippen LogP contribution in [0.15, 0.2) is 12.3 Å². The van der Waals surface area contributed by atoms with Gasteiger partial charge in [-0.2, -0.15) is 0 Å². The summed E-state index contributed by atoms with van der Waals surface area (Å²) >= 11 is 0. The van der Waals surface area contributed by atoms with E-state index in [1.807, 2.05) is 0 Å². The average molecular weight is 450 g/mol. The molecule has 0 spiro atoms. The van der Waals surface area contributed by atoms with Crippen LogP contribution in [-0.4, -0.2) is 55.6 Å². The molecule has 0 radical (unpaired) electrons. The highest BCUT2D eigenvalue weighted by Crippen LogP contribution is 2.14. The first-order valence-corrected chi connectivity index (χ1v) is 14.6. The highest BCUT2D eigenvalue weighted by molar-refractivity contribution is 4.95. The molecular weight excluding hydrogens is 390 g/mol. The van der Waals surface area contributed by atoms with Gasteiger partial charge in [0.05, 0.1) is 0 Å². The van der Waals surface area contributed by atoms with Gasteiger partial charge in [-0.25, -0.2) is 0 Å². The number of nitrogens with one attached hydrogen (secondary N) is 1. The molecule has 0 aromatic carbocycles. The average Bonchev–Trinajstić information content (AvgIpc) is 2.82. The SMILES string of the molecule is C=C(CCCN(CCCCCCCCCC)CCCCCCCCCC)N1CCNCC1. The number of rotatable bonds is 23. The molecular formula is C29H59N3. The third-order valence-corrected chi connectivity index (χ3v) is 7.16. The van der Waals surface area contributed by atoms with Gasteiger partial charge in [0.15, 0.2) is 0 Å². The lowest BCUT2D eigenvalue weighted by molar-refractivity contribution is 0.247. The molecule has 1 N–H and O–H groups in total. The summed E-state index contributed by atoms with van der Waals surface area (Å²) < 4.78 is 0. The molecule has 0 amide bonds. The number of hydrogen-bond acceptors (Lipinski definition) is 3. The van der Waals surface area contributed by atoms with Gasteiger partial charge in [0, 0.05) is 31.9 Å². The van der Waals surface area contributed by atoms with Crippen molar-refractivity contribution in [2.75, 3.05) is 45.8 Å². The van der Waals surface area contributed by atoms with Crippen LogP contribution in [0.1, 0.15) is 129 Å². The Morgan fingerprint density at radius 2 is 1.03 bits per heavy atom. The van der Waals surface area contributed by atoms with Crippen LogP contribution < -0.4 is 5.32 Å². The van der Waals surface area contributed by atoms with Gasteiger partial charge in [-0.1, -0.05) is 110 Å². The molecule has 0 aromatic rings. The van der Waals surface area contributed by atoms with E-state index in [1.165, 1.54) is 141 Å². The molecule has 0 bridgehead atoms. The quantitative estimate of drug-likeness (QED) is 0.161. The Morgan fingerprint density at radius 3 is 1.50 bits per heavy atom. The van der Waals surface area contributed by atoms with Gasteiger partial charge in [-0.05, 0) is 45.3 Å². The second kappa shape index (κ2) is 22.3. The Labute approximate surface area is 202 Å². The van der Waals surface area contributed by atoms with Crippen molar-refractivity contribution in [3.05, 3.63) is 12.3 Å². The number of piperazine rings is 1. The second-order valence-corrected chi connectivity index (χ2v) is 10.2. The third kappa shape index (κ3) is 17.0. The van der Waals surface area contributed by atoms with Gasteiger partial charge in [-0.3, -0.25) is 0 Å². The summed E-state index contributed by atoms with van der Waals surface area (Å²) in [6, 6.07) is 0. The zero-order chi connectivity index (χ0) is 23.1. The number of hydrogen-bond donors (Lipinski definition) is 1. The van der Waals surface area contributed by atoms with E-state index in [9.17, 15) is 0 Å². The fraction of sp³-hybridized carbons (Fsp3) is 0.931. The molecule has 0 unspecified atom stereocenters. The Hall–Kier alpha value is -0.540. The van der Waals surface area contributed by atoms with Gasteiger partial charge in [0.2, 0.25) is 0 Å². The molecule has 3 heteroatoms. The van der Waals surface area contributed by atoms with E-state index in [4.69, 9.17) is 0 Å². The fourth-order valence-electron chi connectivity index (χ4n) is 4.92. The summed E-state index contributed by atoms with van der Waals surface area (Å²) in [5, 5.41) is 3.45. The normalized spacial score (nSPS) is 14.4. The predicted octanol–water partition coefficient (Wildman–Crippen LogP) is 7.77. The molecule has 1 fully saturated rings. The summed E-state index contributed by atoms with van der Waals surface area (Å²) in [5.74, 6) is 0. The van der Waals surface area contributed by atoms with Gasteiger partial charge in [0.25, 0.3) is 0 Å². The molecule has 1 rings (SSSR count). The van der Waals surface area contributed by atoms with E-state index < -0.39 is 0 Å². The van der Waals surface area contributed by atoms with Crippen molar-refractivity contribution in [1.29, 1.82) is 0 Å². The number of nitrogens with zero attached hydrogens (tertiary/aromatic N) is 2. The molecule has 0 atom stereocenters. The summed E-state index contributed by atoms with van der Waals surface area (Å²) in [6.45, 7) is 17.4. The van der Waals surface area contributed by atoms with Crippen LogP contribution in [0.5, 0.6) is 0 Å². The van der Waals surface area contributed by atoms with Crippen LogP contribution in [0.25, 0.3) is 0 Å². The van der Waals surface area contributed by atoms with E-state index >= 15 is 0 Å². The van der Waals surface area contributed by atoms with Crippen LogP contribution in [0.3, 0.4) is 0 Å².